The highest BCUT2D eigenvalue weighted by molar-refractivity contribution is 6.31. The Morgan fingerprint density at radius 1 is 0.802 bits per heavy atom. The minimum Gasteiger partial charge on any atom is -0.507 e. The van der Waals surface area contributed by atoms with Crippen molar-refractivity contribution in [2.24, 2.45) is 23.5 Å². The van der Waals surface area contributed by atoms with Gasteiger partial charge in [-0.1, -0.05) is 53.7 Å². The number of amides is 6. The lowest BCUT2D eigenvalue weighted by atomic mass is 9.72. The van der Waals surface area contributed by atoms with Crippen molar-refractivity contribution in [2.45, 2.75) is 160 Å². The lowest BCUT2D eigenvalue weighted by molar-refractivity contribution is -0.249. The molecule has 7 rings (SSSR count). The van der Waals surface area contributed by atoms with E-state index in [0.717, 1.165) is 19.6 Å². The molecule has 6 amide bonds. The third-order valence-electron chi connectivity index (χ3n) is 16.7. The molecule has 2 aromatic carbocycles. The fourth-order valence-corrected chi connectivity index (χ4v) is 12.3. The number of benzene rings is 2. The number of likely N-dealkylation sites (tertiary alicyclic amines) is 1. The summed E-state index contributed by atoms with van der Waals surface area (Å²) in [6, 6.07) is -1.15. The standard InChI is InChI=1S/C60H87N9O17/c1-30(2)21-37(66-59(82)40-12-10-15-69(40)45(73)28-68-19-17-67(16-14-61)18-20-68)56(79)62-27-44(72)63-38(22-31(3)4)57(80)65-39(23-32(5)6)58(81)64-36-24-46(85-33(7)51(36)74)86-42-26-60(83,43(71)29-70)25-35-48(42)55(78)50-49(53(35)76)52(75)34-11-9-13-41(84-8)47(34)54(50)77/h9,11,13,30-33,36-40,42,46,51,70,74,76,78,83H,10,12,14-29,61H2,1-8H3,(H,62,79)(H,63,72)(H,64,81)(H,65,80)(H,66,82)/t33-,36-,37-,38-,39-,40-,42-,46-,51+,60-/m0/s1. The lowest BCUT2D eigenvalue weighted by Gasteiger charge is -2.43. The highest BCUT2D eigenvalue weighted by Gasteiger charge is 2.51. The maximum absolute atomic E-state index is 14.4. The second-order valence-electron chi connectivity index (χ2n) is 24.6. The highest BCUT2D eigenvalue weighted by Crippen LogP contribution is 2.52. The van der Waals surface area contributed by atoms with Gasteiger partial charge in [0.25, 0.3) is 0 Å². The zero-order valence-corrected chi connectivity index (χ0v) is 50.4. The molecule has 0 bridgehead atoms. The maximum atomic E-state index is 14.4. The molecule has 86 heavy (non-hydrogen) atoms. The van der Waals surface area contributed by atoms with Gasteiger partial charge in [0, 0.05) is 81.8 Å². The first-order valence-electron chi connectivity index (χ1n) is 29.8. The van der Waals surface area contributed by atoms with Crippen LogP contribution in [-0.2, 0) is 49.5 Å². The minimum absolute atomic E-state index is 0.0182. The second-order valence-corrected chi connectivity index (χ2v) is 24.6. The topological polar surface area (TPSA) is 378 Å². The number of nitrogens with zero attached hydrogens (tertiary/aromatic N) is 3. The summed E-state index contributed by atoms with van der Waals surface area (Å²) in [5.41, 5.74) is 1.23. The van der Waals surface area contributed by atoms with E-state index in [1.54, 1.807) is 4.90 Å². The number of ether oxygens (including phenoxy) is 3. The number of Topliss-reactive ketones (excluding diaryl/α,β-unsaturated/α-hetero) is 1. The Kier molecular flexibility index (Phi) is 22.5. The number of hydrogen-bond donors (Lipinski definition) is 11. The fourth-order valence-electron chi connectivity index (χ4n) is 12.3. The number of rotatable bonds is 25. The Morgan fingerprint density at radius 3 is 2.03 bits per heavy atom. The van der Waals surface area contributed by atoms with Gasteiger partial charge in [-0.05, 0) is 62.8 Å². The molecule has 5 aliphatic rings. The molecule has 3 fully saturated rings. The van der Waals surface area contributed by atoms with Crippen molar-refractivity contribution in [3.8, 4) is 17.2 Å². The van der Waals surface area contributed by atoms with E-state index in [1.165, 1.54) is 32.2 Å². The monoisotopic (exact) mass is 1210 g/mol. The van der Waals surface area contributed by atoms with E-state index < -0.39 is 156 Å². The Labute approximate surface area is 500 Å². The number of phenols is 2. The molecule has 26 nitrogen and oxygen atoms in total. The quantitative estimate of drug-likeness (QED) is 0.0474. The molecule has 0 radical (unpaired) electrons. The van der Waals surface area contributed by atoms with Crippen LogP contribution in [0, 0.1) is 17.8 Å². The third kappa shape index (κ3) is 15.4. The predicted molar refractivity (Wildman–Crippen MR) is 310 cm³/mol. The molecule has 10 atom stereocenters. The molecule has 0 saturated carbocycles. The second kappa shape index (κ2) is 28.9. The van der Waals surface area contributed by atoms with Crippen LogP contribution in [-0.4, -0.2) is 220 Å². The molecule has 2 aliphatic carbocycles. The summed E-state index contributed by atoms with van der Waals surface area (Å²) in [5, 5.41) is 70.7. The zero-order valence-electron chi connectivity index (χ0n) is 50.4. The summed E-state index contributed by atoms with van der Waals surface area (Å²) >= 11 is 0. The molecule has 0 aromatic heterocycles. The molecule has 26 heteroatoms. The first kappa shape index (κ1) is 66.9. The Bertz CT molecular complexity index is 2880. The molecule has 12 N–H and O–H groups in total. The van der Waals surface area contributed by atoms with Crippen LogP contribution in [0.2, 0.25) is 0 Å². The first-order valence-corrected chi connectivity index (χ1v) is 29.8. The van der Waals surface area contributed by atoms with Gasteiger partial charge in [0.05, 0.1) is 55.1 Å². The van der Waals surface area contributed by atoms with Gasteiger partial charge < -0.3 is 77.0 Å². The maximum Gasteiger partial charge on any atom is 0.243 e. The lowest BCUT2D eigenvalue weighted by Crippen LogP contribution is -2.60. The van der Waals surface area contributed by atoms with Crippen molar-refractivity contribution < 1.29 is 82.9 Å². The SMILES string of the molecule is COc1cccc2c1C(=O)c1c(O)c3c(c(O)c1C2=O)C[C@@](O)(C(=O)CO)C[C@@H]3O[C@H]1C[C@H](NC(=O)[C@H](CC(C)C)NC(=O)[C@H](CC(C)C)NC(=O)CNC(=O)[C@H](CC(C)C)NC(=O)[C@@H]2CCCN2C(=O)CN2CCN(CCN)CC2)[C@H](O)[C@H](C)O1. The number of aliphatic hydroxyl groups excluding tert-OH is 2. The van der Waals surface area contributed by atoms with Crippen LogP contribution in [0.1, 0.15) is 142 Å². The van der Waals surface area contributed by atoms with Crippen LogP contribution in [0.4, 0.5) is 0 Å². The summed E-state index contributed by atoms with van der Waals surface area (Å²) in [6.07, 6.45) is -5.64. The number of carbonyl (C=O) groups is 9. The van der Waals surface area contributed by atoms with Crippen molar-refractivity contribution in [1.82, 2.24) is 41.3 Å². The summed E-state index contributed by atoms with van der Waals surface area (Å²) in [7, 11) is 1.29. The number of ketones is 3. The number of piperazine rings is 1. The summed E-state index contributed by atoms with van der Waals surface area (Å²) < 4.78 is 17.8. The summed E-state index contributed by atoms with van der Waals surface area (Å²) in [4.78, 5) is 131. The zero-order chi connectivity index (χ0) is 63.1. The largest absolute Gasteiger partial charge is 0.507 e. The average Bonchev–Trinajstić information content (AvgIpc) is 0.927. The van der Waals surface area contributed by atoms with Crippen LogP contribution in [0.25, 0.3) is 0 Å². The van der Waals surface area contributed by atoms with Gasteiger partial charge >= 0.3 is 0 Å². The molecule has 2 aromatic rings. The van der Waals surface area contributed by atoms with E-state index in [-0.39, 0.29) is 83.9 Å². The molecule has 3 heterocycles. The third-order valence-corrected chi connectivity index (χ3v) is 16.7. The molecule has 474 valence electrons. The van der Waals surface area contributed by atoms with Crippen LogP contribution in [0.5, 0.6) is 17.2 Å². The van der Waals surface area contributed by atoms with Gasteiger partial charge in [-0.25, -0.2) is 0 Å². The number of fused-ring (bicyclic) bond motifs is 3. The van der Waals surface area contributed by atoms with Gasteiger partial charge in [-0.3, -0.25) is 53.0 Å². The number of aromatic hydroxyl groups is 2. The van der Waals surface area contributed by atoms with Crippen LogP contribution in [0.15, 0.2) is 18.2 Å². The van der Waals surface area contributed by atoms with Gasteiger partial charge in [-0.15, -0.1) is 0 Å². The van der Waals surface area contributed by atoms with E-state index in [9.17, 15) is 68.7 Å². The number of aliphatic hydroxyl groups is 3. The van der Waals surface area contributed by atoms with Gasteiger partial charge in [-0.2, -0.15) is 0 Å². The first-order chi connectivity index (χ1) is 40.7. The van der Waals surface area contributed by atoms with Gasteiger partial charge in [0.2, 0.25) is 41.2 Å². The van der Waals surface area contributed by atoms with Crippen molar-refractivity contribution in [2.75, 3.05) is 72.6 Å². The normalized spacial score (nSPS) is 24.3. The van der Waals surface area contributed by atoms with Crippen LogP contribution in [0.3, 0.4) is 0 Å². The number of phenolic OH excluding ortho intramolecular Hbond substituents is 2. The van der Waals surface area contributed by atoms with Crippen molar-refractivity contribution in [3.63, 3.8) is 0 Å². The Morgan fingerprint density at radius 2 is 1.42 bits per heavy atom. The van der Waals surface area contributed by atoms with E-state index in [0.29, 0.717) is 39.0 Å². The van der Waals surface area contributed by atoms with E-state index in [1.807, 2.05) is 41.5 Å². The minimum atomic E-state index is -2.44. The molecule has 0 unspecified atom stereocenters. The molecular weight excluding hydrogens is 1120 g/mol. The van der Waals surface area contributed by atoms with Crippen molar-refractivity contribution in [1.29, 1.82) is 0 Å². The summed E-state index contributed by atoms with van der Waals surface area (Å²) in [6.45, 7) is 15.7. The molecule has 3 aliphatic heterocycles. The average molecular weight is 1210 g/mol. The van der Waals surface area contributed by atoms with E-state index in [4.69, 9.17) is 19.9 Å². The predicted octanol–water partition coefficient (Wildman–Crippen LogP) is -0.565. The van der Waals surface area contributed by atoms with Crippen molar-refractivity contribution in [3.05, 3.63) is 51.6 Å². The Hall–Kier alpha value is -6.65. The molecule has 0 spiro atoms. The number of nitrogens with one attached hydrogen (secondary N) is 5. The van der Waals surface area contributed by atoms with Crippen LogP contribution >= 0.6 is 0 Å². The van der Waals surface area contributed by atoms with Crippen molar-refractivity contribution >= 4 is 52.8 Å². The number of methoxy groups -OCH3 is 1. The van der Waals surface area contributed by atoms with Gasteiger partial charge in [0.15, 0.2) is 17.9 Å². The number of carbonyl (C=O) groups excluding carboxylic acids is 9. The van der Waals surface area contributed by atoms with Gasteiger partial charge in [0.1, 0.15) is 59.7 Å². The Balaban J connectivity index is 1.01. The number of hydrogen-bond acceptors (Lipinski definition) is 20. The number of nitrogens with two attached hydrogens (primary N) is 1. The fraction of sp³-hybridized carbons (Fsp3) is 0.650. The van der Waals surface area contributed by atoms with E-state index >= 15 is 0 Å². The molecule has 3 saturated heterocycles. The smallest absolute Gasteiger partial charge is 0.243 e. The highest BCUT2D eigenvalue weighted by atomic mass is 16.7. The summed E-state index contributed by atoms with van der Waals surface area (Å²) in [5.74, 6) is -8.23. The van der Waals surface area contributed by atoms with E-state index in [2.05, 4.69) is 36.4 Å². The van der Waals surface area contributed by atoms with Crippen LogP contribution < -0.4 is 37.1 Å². The molecular formula is C60H87N9O17.